The van der Waals surface area contributed by atoms with Crippen LogP contribution in [0.1, 0.15) is 38.7 Å². The zero-order valence-electron chi connectivity index (χ0n) is 11.9. The lowest BCUT2D eigenvalue weighted by Gasteiger charge is -2.44. The van der Waals surface area contributed by atoms with Gasteiger partial charge in [-0.2, -0.15) is 0 Å². The molecule has 1 N–H and O–H groups in total. The number of hydrogen-bond acceptors (Lipinski definition) is 2. The summed E-state index contributed by atoms with van der Waals surface area (Å²) in [5, 5.41) is 10.6. The molecule has 3 heteroatoms. The van der Waals surface area contributed by atoms with Gasteiger partial charge in [-0.25, -0.2) is 0 Å². The van der Waals surface area contributed by atoms with Gasteiger partial charge in [0.25, 0.3) is 0 Å². The average molecular weight is 326 g/mol. The van der Waals surface area contributed by atoms with Crippen molar-refractivity contribution < 1.29 is 5.11 Å². The summed E-state index contributed by atoms with van der Waals surface area (Å²) in [5.41, 5.74) is 1.02. The third-order valence-corrected chi connectivity index (χ3v) is 5.13. The first-order valence-corrected chi connectivity index (χ1v) is 7.97. The number of hydrogen-bond donors (Lipinski definition) is 1. The summed E-state index contributed by atoms with van der Waals surface area (Å²) in [4.78, 5) is 2.44. The average Bonchev–Trinajstić information content (AvgIpc) is 2.42. The van der Waals surface area contributed by atoms with Crippen LogP contribution in [0.4, 0.5) is 0 Å². The van der Waals surface area contributed by atoms with Gasteiger partial charge >= 0.3 is 0 Å². The van der Waals surface area contributed by atoms with Crippen LogP contribution in [0.5, 0.6) is 0 Å². The molecule has 0 radical (unpaired) electrons. The van der Waals surface area contributed by atoms with E-state index in [0.717, 1.165) is 17.6 Å². The molecule has 2 rings (SSSR count). The van der Waals surface area contributed by atoms with Gasteiger partial charge in [-0.1, -0.05) is 40.5 Å². The summed E-state index contributed by atoms with van der Waals surface area (Å²) in [6.07, 6.45) is 4.19. The molecule has 0 saturated carbocycles. The van der Waals surface area contributed by atoms with Crippen LogP contribution < -0.4 is 0 Å². The third kappa shape index (κ3) is 3.59. The molecule has 1 aromatic carbocycles. The van der Waals surface area contributed by atoms with Gasteiger partial charge in [0.15, 0.2) is 0 Å². The number of aliphatic hydroxyl groups excluding tert-OH is 1. The number of halogens is 1. The van der Waals surface area contributed by atoms with Crippen molar-refractivity contribution >= 4 is 15.9 Å². The van der Waals surface area contributed by atoms with Gasteiger partial charge in [-0.3, -0.25) is 4.90 Å². The first-order valence-electron chi connectivity index (χ1n) is 7.18. The highest BCUT2D eigenvalue weighted by Gasteiger charge is 2.35. The van der Waals surface area contributed by atoms with Crippen molar-refractivity contribution in [1.82, 2.24) is 4.90 Å². The van der Waals surface area contributed by atoms with Crippen LogP contribution in [0.25, 0.3) is 0 Å². The Bertz CT molecular complexity index is 413. The Morgan fingerprint density at radius 2 is 1.84 bits per heavy atom. The molecule has 1 heterocycles. The molecule has 0 bridgehead atoms. The van der Waals surface area contributed by atoms with E-state index in [-0.39, 0.29) is 11.6 Å². The first kappa shape index (κ1) is 15.0. The molecule has 1 aliphatic rings. The monoisotopic (exact) mass is 325 g/mol. The molecule has 106 valence electrons. The summed E-state index contributed by atoms with van der Waals surface area (Å²) < 4.78 is 1.09. The van der Waals surface area contributed by atoms with Crippen molar-refractivity contribution in [1.29, 1.82) is 0 Å². The van der Waals surface area contributed by atoms with Crippen LogP contribution in [0.15, 0.2) is 28.7 Å². The molecule has 0 aliphatic carbocycles. The zero-order valence-corrected chi connectivity index (χ0v) is 13.5. The number of rotatable bonds is 4. The van der Waals surface area contributed by atoms with E-state index >= 15 is 0 Å². The summed E-state index contributed by atoms with van der Waals surface area (Å²) in [6.45, 7) is 6.56. The summed E-state index contributed by atoms with van der Waals surface area (Å²) in [7, 11) is 0. The Morgan fingerprint density at radius 1 is 1.21 bits per heavy atom. The molecule has 0 amide bonds. The Balaban J connectivity index is 2.05. The van der Waals surface area contributed by atoms with E-state index in [1.54, 1.807) is 0 Å². The second-order valence-electron chi connectivity index (χ2n) is 6.01. The fourth-order valence-electron chi connectivity index (χ4n) is 2.80. The van der Waals surface area contributed by atoms with Crippen LogP contribution in [0.3, 0.4) is 0 Å². The maximum absolute atomic E-state index is 10.6. The van der Waals surface area contributed by atoms with Crippen LogP contribution in [0, 0.1) is 0 Å². The first-order chi connectivity index (χ1) is 9.01. The van der Waals surface area contributed by atoms with Crippen molar-refractivity contribution in [3.05, 3.63) is 34.3 Å². The van der Waals surface area contributed by atoms with E-state index in [1.165, 1.54) is 24.8 Å². The number of piperidine rings is 1. The predicted octanol–water partition coefficient (Wildman–Crippen LogP) is 3.62. The molecule has 1 aromatic rings. The van der Waals surface area contributed by atoms with E-state index in [9.17, 15) is 5.11 Å². The lowest BCUT2D eigenvalue weighted by molar-refractivity contribution is -0.0187. The zero-order chi connectivity index (χ0) is 13.9. The van der Waals surface area contributed by atoms with Crippen LogP contribution in [-0.2, 0) is 6.42 Å². The Kier molecular flexibility index (Phi) is 5.04. The molecule has 0 spiro atoms. The minimum atomic E-state index is -0.343. The largest absolute Gasteiger partial charge is 0.391 e. The topological polar surface area (TPSA) is 23.5 Å². The third-order valence-electron chi connectivity index (χ3n) is 4.36. The molecule has 0 aromatic heterocycles. The molecule has 1 unspecified atom stereocenters. The smallest absolute Gasteiger partial charge is 0.0759 e. The second kappa shape index (κ2) is 6.38. The van der Waals surface area contributed by atoms with Crippen molar-refractivity contribution in [3.8, 4) is 0 Å². The fraction of sp³-hybridized carbons (Fsp3) is 0.625. The van der Waals surface area contributed by atoms with Gasteiger partial charge in [-0.05, 0) is 51.4 Å². The molecule has 1 aliphatic heterocycles. The van der Waals surface area contributed by atoms with Crippen LogP contribution >= 0.6 is 15.9 Å². The van der Waals surface area contributed by atoms with Gasteiger partial charge in [0.05, 0.1) is 6.10 Å². The molecular weight excluding hydrogens is 302 g/mol. The number of likely N-dealkylation sites (tertiary alicyclic amines) is 1. The quantitative estimate of drug-likeness (QED) is 0.913. The molecule has 1 atom stereocenters. The Hall–Kier alpha value is -0.380. The number of benzene rings is 1. The molecule has 1 fully saturated rings. The molecule has 2 nitrogen and oxygen atoms in total. The van der Waals surface area contributed by atoms with Crippen molar-refractivity contribution in [2.75, 3.05) is 13.1 Å². The van der Waals surface area contributed by atoms with Crippen molar-refractivity contribution in [3.63, 3.8) is 0 Å². The SMILES string of the molecule is CC(C)(C(O)Cc1ccccc1Br)N1CCCCC1. The predicted molar refractivity (Wildman–Crippen MR) is 83.4 cm³/mol. The van der Waals surface area contributed by atoms with Crippen molar-refractivity contribution in [2.45, 2.75) is 51.2 Å². The van der Waals surface area contributed by atoms with E-state index in [0.29, 0.717) is 6.42 Å². The second-order valence-corrected chi connectivity index (χ2v) is 6.87. The highest BCUT2D eigenvalue weighted by Crippen LogP contribution is 2.27. The fourth-order valence-corrected chi connectivity index (χ4v) is 3.25. The minimum Gasteiger partial charge on any atom is -0.391 e. The summed E-state index contributed by atoms with van der Waals surface area (Å²) in [6, 6.07) is 8.16. The molecule has 1 saturated heterocycles. The van der Waals surface area contributed by atoms with E-state index in [2.05, 4.69) is 40.7 Å². The van der Waals surface area contributed by atoms with Gasteiger partial charge in [0.1, 0.15) is 0 Å². The molecule has 19 heavy (non-hydrogen) atoms. The summed E-state index contributed by atoms with van der Waals surface area (Å²) >= 11 is 3.56. The van der Waals surface area contributed by atoms with Gasteiger partial charge in [0, 0.05) is 16.4 Å². The van der Waals surface area contributed by atoms with E-state index < -0.39 is 0 Å². The standard InChI is InChI=1S/C16H24BrNO/c1-16(2,18-10-6-3-7-11-18)15(19)12-13-8-4-5-9-14(13)17/h4-5,8-9,15,19H,3,6-7,10-12H2,1-2H3. The Morgan fingerprint density at radius 3 is 2.47 bits per heavy atom. The Labute approximate surface area is 124 Å². The van der Waals surface area contributed by atoms with Gasteiger partial charge in [-0.15, -0.1) is 0 Å². The normalized spacial score (nSPS) is 19.4. The van der Waals surface area contributed by atoms with E-state index in [1.807, 2.05) is 18.2 Å². The lowest BCUT2D eigenvalue weighted by atomic mass is 9.88. The van der Waals surface area contributed by atoms with Crippen LogP contribution in [-0.4, -0.2) is 34.7 Å². The lowest BCUT2D eigenvalue weighted by Crippen LogP contribution is -2.54. The number of nitrogens with zero attached hydrogens (tertiary/aromatic N) is 1. The van der Waals surface area contributed by atoms with Crippen LogP contribution in [0.2, 0.25) is 0 Å². The molecular formula is C16H24BrNO. The highest BCUT2D eigenvalue weighted by molar-refractivity contribution is 9.10. The van der Waals surface area contributed by atoms with Gasteiger partial charge < -0.3 is 5.11 Å². The maximum Gasteiger partial charge on any atom is 0.0759 e. The highest BCUT2D eigenvalue weighted by atomic mass is 79.9. The number of aliphatic hydroxyl groups is 1. The maximum atomic E-state index is 10.6. The van der Waals surface area contributed by atoms with Gasteiger partial charge in [0.2, 0.25) is 0 Å². The van der Waals surface area contributed by atoms with Crippen molar-refractivity contribution in [2.24, 2.45) is 0 Å². The minimum absolute atomic E-state index is 0.157. The summed E-state index contributed by atoms with van der Waals surface area (Å²) in [5.74, 6) is 0. The van der Waals surface area contributed by atoms with E-state index in [4.69, 9.17) is 0 Å².